The van der Waals surface area contributed by atoms with Crippen molar-refractivity contribution in [2.45, 2.75) is 50.0 Å². The Morgan fingerprint density at radius 2 is 1.57 bits per heavy atom. The van der Waals surface area contributed by atoms with Gasteiger partial charge in [-0.05, 0) is 12.5 Å². The van der Waals surface area contributed by atoms with Crippen molar-refractivity contribution in [3.05, 3.63) is 54.1 Å². The predicted molar refractivity (Wildman–Crippen MR) is 129 cm³/mol. The van der Waals surface area contributed by atoms with Crippen LogP contribution in [0.1, 0.15) is 18.2 Å². The molecule has 0 aliphatic carbocycles. The molecule has 12 nitrogen and oxygen atoms in total. The highest BCUT2D eigenvalue weighted by atomic mass is 32.1. The summed E-state index contributed by atoms with van der Waals surface area (Å²) in [7, 11) is 0. The fourth-order valence-corrected chi connectivity index (χ4v) is 3.35. The smallest absolute Gasteiger partial charge is 0.327 e. The van der Waals surface area contributed by atoms with Gasteiger partial charge in [0.25, 0.3) is 0 Å². The van der Waals surface area contributed by atoms with Gasteiger partial charge < -0.3 is 36.9 Å². The zero-order valence-electron chi connectivity index (χ0n) is 19.0. The fourth-order valence-electron chi connectivity index (χ4n) is 3.10. The van der Waals surface area contributed by atoms with Gasteiger partial charge >= 0.3 is 5.97 Å². The number of nitrogens with two attached hydrogens (primary N) is 1. The van der Waals surface area contributed by atoms with Gasteiger partial charge in [-0.3, -0.25) is 14.4 Å². The molecule has 2 rings (SSSR count). The standard InChI is InChI=1S/C22H30N6O6S/c1-12(29)18(23)21(32)27-16(8-14-9-24-11-25-14)20(31)26-15(7-13-5-3-2-4-6-13)19(30)28-17(10-35)22(33)34/h2-6,9,11-12,15-18,29,35H,7-8,10,23H2,1H3,(H,24,25)(H,26,31)(H,27,32)(H,28,30)(H,33,34). The molecule has 0 aliphatic heterocycles. The molecule has 2 aromatic rings. The number of hydrogen-bond donors (Lipinski definition) is 8. The van der Waals surface area contributed by atoms with E-state index in [-0.39, 0.29) is 18.6 Å². The van der Waals surface area contributed by atoms with Gasteiger partial charge in [0, 0.05) is 30.5 Å². The molecule has 3 amide bonds. The molecule has 1 heterocycles. The molecule has 0 fully saturated rings. The summed E-state index contributed by atoms with van der Waals surface area (Å²) in [5, 5.41) is 26.3. The van der Waals surface area contributed by atoms with Crippen LogP contribution >= 0.6 is 12.6 Å². The monoisotopic (exact) mass is 506 g/mol. The Labute approximate surface area is 207 Å². The molecule has 13 heteroatoms. The van der Waals surface area contributed by atoms with E-state index in [0.29, 0.717) is 5.69 Å². The predicted octanol–water partition coefficient (Wildman–Crippen LogP) is -1.63. The van der Waals surface area contributed by atoms with Crippen molar-refractivity contribution >= 4 is 36.3 Å². The van der Waals surface area contributed by atoms with Crippen LogP contribution < -0.4 is 21.7 Å². The zero-order valence-corrected chi connectivity index (χ0v) is 19.9. The van der Waals surface area contributed by atoms with E-state index < -0.39 is 54.0 Å². The Kier molecular flexibility index (Phi) is 10.7. The SMILES string of the molecule is CC(O)C(N)C(=O)NC(Cc1cnc[nH]1)C(=O)NC(Cc1ccccc1)C(=O)NC(CS)C(=O)O. The zero-order chi connectivity index (χ0) is 26.0. The highest BCUT2D eigenvalue weighted by Crippen LogP contribution is 2.07. The van der Waals surface area contributed by atoms with Gasteiger partial charge in [-0.1, -0.05) is 30.3 Å². The Morgan fingerprint density at radius 3 is 2.09 bits per heavy atom. The lowest BCUT2D eigenvalue weighted by Gasteiger charge is -2.25. The van der Waals surface area contributed by atoms with Crippen molar-refractivity contribution in [3.8, 4) is 0 Å². The van der Waals surface area contributed by atoms with Gasteiger partial charge in [-0.25, -0.2) is 9.78 Å². The van der Waals surface area contributed by atoms with Gasteiger partial charge in [-0.15, -0.1) is 0 Å². The van der Waals surface area contributed by atoms with Crippen molar-refractivity contribution in [1.29, 1.82) is 0 Å². The Balaban J connectivity index is 2.25. The van der Waals surface area contributed by atoms with Crippen LogP contribution in [0.5, 0.6) is 0 Å². The number of carboxylic acids is 1. The third-order valence-electron chi connectivity index (χ3n) is 5.15. The average Bonchev–Trinajstić information content (AvgIpc) is 3.34. The maximum atomic E-state index is 13.2. The lowest BCUT2D eigenvalue weighted by molar-refractivity contribution is -0.141. The molecule has 5 unspecified atom stereocenters. The molecule has 0 spiro atoms. The van der Waals surface area contributed by atoms with Crippen LogP contribution in [0.4, 0.5) is 0 Å². The number of thiol groups is 1. The van der Waals surface area contributed by atoms with Gasteiger partial charge in [0.1, 0.15) is 24.2 Å². The summed E-state index contributed by atoms with van der Waals surface area (Å²) in [5.74, 6) is -3.61. The largest absolute Gasteiger partial charge is 0.480 e. The first-order chi connectivity index (χ1) is 16.6. The summed E-state index contributed by atoms with van der Waals surface area (Å²) in [6.07, 6.45) is 1.78. The molecule has 1 aromatic heterocycles. The van der Waals surface area contributed by atoms with Gasteiger partial charge in [0.15, 0.2) is 0 Å². The molecular formula is C22H30N6O6S. The number of amides is 3. The van der Waals surface area contributed by atoms with Crippen LogP contribution in [-0.2, 0) is 32.0 Å². The number of nitrogens with one attached hydrogen (secondary N) is 4. The van der Waals surface area contributed by atoms with Crippen LogP contribution in [-0.4, -0.2) is 79.9 Å². The second-order valence-electron chi connectivity index (χ2n) is 7.94. The van der Waals surface area contributed by atoms with Crippen LogP contribution in [0.2, 0.25) is 0 Å². The van der Waals surface area contributed by atoms with Crippen molar-refractivity contribution in [2.24, 2.45) is 5.73 Å². The molecular weight excluding hydrogens is 476 g/mol. The number of H-pyrrole nitrogens is 1. The number of aromatic amines is 1. The van der Waals surface area contributed by atoms with Crippen molar-refractivity contribution in [3.63, 3.8) is 0 Å². The van der Waals surface area contributed by atoms with Crippen molar-refractivity contribution in [2.75, 3.05) is 5.75 Å². The molecule has 190 valence electrons. The first kappa shape index (κ1) is 27.8. The van der Waals surface area contributed by atoms with Gasteiger partial charge in [0.2, 0.25) is 17.7 Å². The summed E-state index contributed by atoms with van der Waals surface area (Å²) >= 11 is 3.95. The minimum absolute atomic E-state index is 0.00182. The molecule has 8 N–H and O–H groups in total. The maximum absolute atomic E-state index is 13.2. The van der Waals surface area contributed by atoms with E-state index in [2.05, 4.69) is 38.5 Å². The molecule has 0 aliphatic rings. The number of aromatic nitrogens is 2. The maximum Gasteiger partial charge on any atom is 0.327 e. The Bertz CT molecular complexity index is 988. The van der Waals surface area contributed by atoms with E-state index in [9.17, 15) is 29.4 Å². The van der Waals surface area contributed by atoms with E-state index in [1.165, 1.54) is 19.4 Å². The molecule has 1 aromatic carbocycles. The van der Waals surface area contributed by atoms with E-state index in [4.69, 9.17) is 5.73 Å². The van der Waals surface area contributed by atoms with E-state index in [1.807, 2.05) is 0 Å². The number of carboxylic acid groups (broad SMARTS) is 1. The van der Waals surface area contributed by atoms with Crippen LogP contribution in [0.25, 0.3) is 0 Å². The lowest BCUT2D eigenvalue weighted by Crippen LogP contribution is -2.59. The summed E-state index contributed by atoms with van der Waals surface area (Å²) in [5.41, 5.74) is 6.94. The minimum atomic E-state index is -1.28. The van der Waals surface area contributed by atoms with Gasteiger partial charge in [0.05, 0.1) is 12.4 Å². The second kappa shape index (κ2) is 13.5. The van der Waals surface area contributed by atoms with E-state index >= 15 is 0 Å². The second-order valence-corrected chi connectivity index (χ2v) is 8.31. The third kappa shape index (κ3) is 8.70. The third-order valence-corrected chi connectivity index (χ3v) is 5.51. The summed E-state index contributed by atoms with van der Waals surface area (Å²) in [6.45, 7) is 1.34. The summed E-state index contributed by atoms with van der Waals surface area (Å²) in [6, 6.07) is 3.97. The number of aliphatic carboxylic acids is 1. The van der Waals surface area contributed by atoms with Crippen LogP contribution in [0, 0.1) is 0 Å². The molecule has 0 bridgehead atoms. The van der Waals surface area contributed by atoms with Crippen LogP contribution in [0.15, 0.2) is 42.9 Å². The van der Waals surface area contributed by atoms with Crippen molar-refractivity contribution < 1.29 is 29.4 Å². The first-order valence-electron chi connectivity index (χ1n) is 10.8. The normalized spacial score (nSPS) is 15.2. The summed E-state index contributed by atoms with van der Waals surface area (Å²) < 4.78 is 0. The van der Waals surface area contributed by atoms with Crippen molar-refractivity contribution in [1.82, 2.24) is 25.9 Å². The molecule has 0 saturated heterocycles. The molecule has 0 radical (unpaired) electrons. The molecule has 35 heavy (non-hydrogen) atoms. The number of imidazole rings is 1. The van der Waals surface area contributed by atoms with E-state index in [0.717, 1.165) is 5.56 Å². The fraction of sp³-hybridized carbons (Fsp3) is 0.409. The van der Waals surface area contributed by atoms with Crippen LogP contribution in [0.3, 0.4) is 0 Å². The number of carbonyl (C=O) groups excluding carboxylic acids is 3. The number of benzene rings is 1. The Hall–Kier alpha value is -3.42. The summed E-state index contributed by atoms with van der Waals surface area (Å²) in [4.78, 5) is 56.7. The average molecular weight is 507 g/mol. The number of carbonyl (C=O) groups is 4. The number of rotatable bonds is 13. The Morgan fingerprint density at radius 1 is 1.00 bits per heavy atom. The molecule has 5 atom stereocenters. The number of hydrogen-bond acceptors (Lipinski definition) is 8. The number of nitrogens with zero attached hydrogens (tertiary/aromatic N) is 1. The van der Waals surface area contributed by atoms with Gasteiger partial charge in [-0.2, -0.15) is 12.6 Å². The highest BCUT2D eigenvalue weighted by molar-refractivity contribution is 7.80. The molecule has 0 saturated carbocycles. The first-order valence-corrected chi connectivity index (χ1v) is 11.4. The topological polar surface area (TPSA) is 200 Å². The number of aliphatic hydroxyl groups excluding tert-OH is 1. The highest BCUT2D eigenvalue weighted by Gasteiger charge is 2.31. The minimum Gasteiger partial charge on any atom is -0.480 e. The number of aliphatic hydroxyl groups is 1. The quantitative estimate of drug-likeness (QED) is 0.148. The lowest BCUT2D eigenvalue weighted by atomic mass is 10.0. The van der Waals surface area contributed by atoms with E-state index in [1.54, 1.807) is 30.3 Å².